The maximum Gasteiger partial charge on any atom is 0.168 e. The van der Waals surface area contributed by atoms with Crippen LogP contribution in [0.2, 0.25) is 0 Å². The van der Waals surface area contributed by atoms with Crippen LogP contribution >= 0.6 is 11.3 Å². The molecule has 0 saturated heterocycles. The van der Waals surface area contributed by atoms with Crippen LogP contribution in [-0.4, -0.2) is 15.3 Å². The lowest BCUT2D eigenvalue weighted by atomic mass is 10.1. The molecule has 0 radical (unpaired) electrons. The second-order valence-corrected chi connectivity index (χ2v) is 5.22. The molecule has 0 bridgehead atoms. The van der Waals surface area contributed by atoms with E-state index in [9.17, 15) is 14.0 Å². The molecule has 1 N–H and O–H groups in total. The van der Waals surface area contributed by atoms with E-state index >= 15 is 0 Å². The molecule has 0 fully saturated rings. The maximum atomic E-state index is 13.9. The molecule has 2 aromatic rings. The third-order valence-corrected chi connectivity index (χ3v) is 3.90. The zero-order valence-corrected chi connectivity index (χ0v) is 10.8. The molecule has 20 heavy (non-hydrogen) atoms. The summed E-state index contributed by atoms with van der Waals surface area (Å²) in [5, 5.41) is 19.3. The van der Waals surface area contributed by atoms with Crippen LogP contribution in [0.1, 0.15) is 16.1 Å². The Morgan fingerprint density at radius 3 is 2.95 bits per heavy atom. The van der Waals surface area contributed by atoms with Gasteiger partial charge in [0.1, 0.15) is 16.5 Å². The highest BCUT2D eigenvalue weighted by Crippen LogP contribution is 2.37. The number of thiazole rings is 1. The third-order valence-electron chi connectivity index (χ3n) is 2.84. The lowest BCUT2D eigenvalue weighted by Gasteiger charge is -2.15. The molecule has 0 saturated carbocycles. The first-order valence-corrected chi connectivity index (χ1v) is 6.43. The van der Waals surface area contributed by atoms with Gasteiger partial charge in [-0.3, -0.25) is 10.3 Å². The number of hydrogen-bond donors (Lipinski definition) is 1. The summed E-state index contributed by atoms with van der Waals surface area (Å²) >= 11 is 1.05. The highest BCUT2D eigenvalue weighted by Gasteiger charge is 2.24. The Morgan fingerprint density at radius 2 is 2.20 bits per heavy atom. The van der Waals surface area contributed by atoms with Crippen molar-refractivity contribution in [2.24, 2.45) is 0 Å². The zero-order valence-electron chi connectivity index (χ0n) is 9.97. The van der Waals surface area contributed by atoms with Crippen molar-refractivity contribution in [3.63, 3.8) is 0 Å². The third kappa shape index (κ3) is 1.95. The first kappa shape index (κ1) is 12.7. The zero-order chi connectivity index (χ0) is 14.3. The van der Waals surface area contributed by atoms with Gasteiger partial charge in [-0.2, -0.15) is 5.26 Å². The van der Waals surface area contributed by atoms with Crippen LogP contribution in [-0.2, 0) is 6.54 Å². The molecule has 2 heterocycles. The van der Waals surface area contributed by atoms with Crippen molar-refractivity contribution < 1.29 is 14.0 Å². The molecule has 0 spiro atoms. The average Bonchev–Trinajstić information content (AvgIpc) is 2.81. The van der Waals surface area contributed by atoms with Gasteiger partial charge in [-0.1, -0.05) is 6.07 Å². The highest BCUT2D eigenvalue weighted by molar-refractivity contribution is 7.15. The number of rotatable bonds is 1. The summed E-state index contributed by atoms with van der Waals surface area (Å²) in [6.07, 6.45) is 0.915. The molecule has 0 aliphatic carbocycles. The number of fused-ring (bicyclic) bond motifs is 1. The number of benzene rings is 1. The first-order valence-electron chi connectivity index (χ1n) is 5.62. The van der Waals surface area contributed by atoms with Gasteiger partial charge in [-0.25, -0.2) is 13.8 Å². The molecule has 1 aliphatic rings. The van der Waals surface area contributed by atoms with Crippen LogP contribution in [0.15, 0.2) is 24.4 Å². The average molecular weight is 291 g/mol. The molecule has 0 atom stereocenters. The Labute approximate surface area is 116 Å². The fourth-order valence-electron chi connectivity index (χ4n) is 1.97. The Balaban J connectivity index is 2.18. The molecule has 3 rings (SSSR count). The number of nitriles is 1. The second kappa shape index (κ2) is 4.67. The Morgan fingerprint density at radius 1 is 1.40 bits per heavy atom. The largest absolute Gasteiger partial charge is 0.289 e. The number of halogens is 2. The van der Waals surface area contributed by atoms with E-state index in [1.807, 2.05) is 6.07 Å². The molecular weight excluding hydrogens is 284 g/mol. The summed E-state index contributed by atoms with van der Waals surface area (Å²) in [7, 11) is 0. The van der Waals surface area contributed by atoms with E-state index in [1.54, 1.807) is 0 Å². The van der Waals surface area contributed by atoms with Gasteiger partial charge in [0, 0.05) is 0 Å². The van der Waals surface area contributed by atoms with Crippen molar-refractivity contribution in [1.29, 1.82) is 5.26 Å². The van der Waals surface area contributed by atoms with Crippen molar-refractivity contribution in [3.05, 3.63) is 46.4 Å². The van der Waals surface area contributed by atoms with Crippen molar-refractivity contribution in [2.45, 2.75) is 6.54 Å². The lowest BCUT2D eigenvalue weighted by Crippen LogP contribution is -2.15. The predicted octanol–water partition coefficient (Wildman–Crippen LogP) is 3.29. The Hall–Kier alpha value is -2.30. The van der Waals surface area contributed by atoms with Crippen molar-refractivity contribution >= 4 is 17.2 Å². The molecule has 1 aromatic carbocycles. The molecule has 7 heteroatoms. The molecule has 4 nitrogen and oxygen atoms in total. The van der Waals surface area contributed by atoms with Crippen LogP contribution in [0, 0.1) is 17.1 Å². The van der Waals surface area contributed by atoms with E-state index < -0.39 is 11.6 Å². The molecule has 100 valence electrons. The van der Waals surface area contributed by atoms with Crippen LogP contribution in [0.25, 0.3) is 16.4 Å². The standard InChI is InChI=1S/C13H7F2N3OS/c14-8-3-1-2-7(4-16)11(8)13-17-12-9(15)5-18(19)6-10(12)20-13/h1-3,5,19H,6H2. The smallest absolute Gasteiger partial charge is 0.168 e. The normalized spacial score (nSPS) is 13.7. The monoisotopic (exact) mass is 291 g/mol. The van der Waals surface area contributed by atoms with Gasteiger partial charge >= 0.3 is 0 Å². The molecule has 1 aliphatic heterocycles. The van der Waals surface area contributed by atoms with E-state index in [2.05, 4.69) is 4.98 Å². The van der Waals surface area contributed by atoms with Crippen LogP contribution in [0.3, 0.4) is 0 Å². The van der Waals surface area contributed by atoms with Gasteiger partial charge in [-0.15, -0.1) is 11.3 Å². The van der Waals surface area contributed by atoms with Gasteiger partial charge in [0.05, 0.1) is 34.8 Å². The number of hydrogen-bond acceptors (Lipinski definition) is 5. The number of nitrogens with zero attached hydrogens (tertiary/aromatic N) is 3. The minimum absolute atomic E-state index is 0.0617. The first-order chi connectivity index (χ1) is 9.60. The van der Waals surface area contributed by atoms with Crippen LogP contribution in [0.4, 0.5) is 8.78 Å². The molecular formula is C13H7F2N3OS. The van der Waals surface area contributed by atoms with Crippen molar-refractivity contribution in [2.75, 3.05) is 0 Å². The van der Waals surface area contributed by atoms with Crippen LogP contribution in [0.5, 0.6) is 0 Å². The van der Waals surface area contributed by atoms with Crippen molar-refractivity contribution in [1.82, 2.24) is 10.0 Å². The van der Waals surface area contributed by atoms with E-state index in [0.717, 1.165) is 17.5 Å². The quantitative estimate of drug-likeness (QED) is 0.875. The van der Waals surface area contributed by atoms with E-state index in [0.29, 0.717) is 9.94 Å². The minimum atomic E-state index is -0.689. The highest BCUT2D eigenvalue weighted by atomic mass is 32.1. The van der Waals surface area contributed by atoms with E-state index in [4.69, 9.17) is 5.26 Å². The summed E-state index contributed by atoms with van der Waals surface area (Å²) in [6.45, 7) is 0.0801. The molecule has 1 aromatic heterocycles. The van der Waals surface area contributed by atoms with Gasteiger partial charge in [0.25, 0.3) is 0 Å². The number of aromatic nitrogens is 1. The molecule has 0 amide bonds. The minimum Gasteiger partial charge on any atom is -0.289 e. The Bertz CT molecular complexity index is 763. The summed E-state index contributed by atoms with van der Waals surface area (Å²) in [4.78, 5) is 4.53. The van der Waals surface area contributed by atoms with Gasteiger partial charge in [-0.05, 0) is 12.1 Å². The topological polar surface area (TPSA) is 60.2 Å². The predicted molar refractivity (Wildman–Crippen MR) is 68.6 cm³/mol. The second-order valence-electron chi connectivity index (χ2n) is 4.14. The summed E-state index contributed by atoms with van der Waals surface area (Å²) in [5.74, 6) is -1.27. The SMILES string of the molecule is N#Cc1cccc(F)c1-c1nc2c(s1)CN(O)C=C2F. The lowest BCUT2D eigenvalue weighted by molar-refractivity contribution is -0.0501. The fourth-order valence-corrected chi connectivity index (χ4v) is 3.09. The summed E-state index contributed by atoms with van der Waals surface area (Å²) < 4.78 is 27.6. The van der Waals surface area contributed by atoms with Gasteiger partial charge in [0.2, 0.25) is 0 Å². The van der Waals surface area contributed by atoms with Gasteiger partial charge < -0.3 is 0 Å². The van der Waals surface area contributed by atoms with Crippen LogP contribution < -0.4 is 0 Å². The fraction of sp³-hybridized carbons (Fsp3) is 0.0769. The summed E-state index contributed by atoms with van der Waals surface area (Å²) in [5.41, 5.74) is 0.287. The van der Waals surface area contributed by atoms with Crippen molar-refractivity contribution in [3.8, 4) is 16.6 Å². The summed E-state index contributed by atoms with van der Waals surface area (Å²) in [6, 6.07) is 6.02. The maximum absolute atomic E-state index is 13.9. The Kier molecular flexibility index (Phi) is 2.97. The van der Waals surface area contributed by atoms with E-state index in [1.165, 1.54) is 18.2 Å². The molecule has 0 unspecified atom stereocenters. The van der Waals surface area contributed by atoms with Gasteiger partial charge in [0.15, 0.2) is 5.83 Å². The number of hydroxylamine groups is 2. The van der Waals surface area contributed by atoms with E-state index in [-0.39, 0.29) is 28.4 Å².